The Morgan fingerprint density at radius 3 is 2.54 bits per heavy atom. The van der Waals surface area contributed by atoms with Gasteiger partial charge in [-0.25, -0.2) is 13.1 Å². The van der Waals surface area contributed by atoms with Crippen LogP contribution in [0.4, 0.5) is 0 Å². The molecule has 1 aromatic rings. The lowest BCUT2D eigenvalue weighted by atomic mass is 9.96. The first kappa shape index (κ1) is 19.3. The van der Waals surface area contributed by atoms with E-state index in [1.54, 1.807) is 12.1 Å². The van der Waals surface area contributed by atoms with Crippen LogP contribution in [-0.2, 0) is 10.0 Å². The molecule has 2 saturated carbocycles. The smallest absolute Gasteiger partial charge is 0.251 e. The van der Waals surface area contributed by atoms with Gasteiger partial charge in [-0.3, -0.25) is 4.79 Å². The molecule has 0 saturated heterocycles. The molecule has 1 aromatic carbocycles. The standard InChI is InChI=1S/C19H29N3O3S/c1-22(2)19(10-3-4-11-19)14-20-18(23)16-6-5-7-17(12-16)26(24,25)21-13-15-8-9-15/h5-7,12,15,21H,3-4,8-11,13-14H2,1-2H3,(H,20,23). The second-order valence-corrected chi connectivity index (χ2v) is 9.60. The number of hydrogen-bond acceptors (Lipinski definition) is 4. The fraction of sp³-hybridized carbons (Fsp3) is 0.632. The van der Waals surface area contributed by atoms with Gasteiger partial charge >= 0.3 is 0 Å². The van der Waals surface area contributed by atoms with E-state index in [4.69, 9.17) is 0 Å². The number of nitrogens with one attached hydrogen (secondary N) is 2. The summed E-state index contributed by atoms with van der Waals surface area (Å²) >= 11 is 0. The summed E-state index contributed by atoms with van der Waals surface area (Å²) in [5, 5.41) is 3.01. The molecule has 3 rings (SSSR count). The van der Waals surface area contributed by atoms with Crippen LogP contribution >= 0.6 is 0 Å². The van der Waals surface area contributed by atoms with E-state index in [2.05, 4.69) is 29.0 Å². The Morgan fingerprint density at radius 1 is 1.23 bits per heavy atom. The molecule has 0 radical (unpaired) electrons. The molecule has 2 aliphatic carbocycles. The Kier molecular flexibility index (Phi) is 5.69. The van der Waals surface area contributed by atoms with Gasteiger partial charge in [0.05, 0.1) is 4.90 Å². The Bertz CT molecular complexity index is 751. The van der Waals surface area contributed by atoms with E-state index in [-0.39, 0.29) is 16.3 Å². The summed E-state index contributed by atoms with van der Waals surface area (Å²) in [5.74, 6) is 0.238. The lowest BCUT2D eigenvalue weighted by molar-refractivity contribution is 0.0900. The molecule has 0 heterocycles. The topological polar surface area (TPSA) is 78.5 Å². The van der Waals surface area contributed by atoms with E-state index in [9.17, 15) is 13.2 Å². The Labute approximate surface area is 156 Å². The second-order valence-electron chi connectivity index (χ2n) is 7.83. The highest BCUT2D eigenvalue weighted by Crippen LogP contribution is 2.33. The predicted octanol–water partition coefficient (Wildman–Crippen LogP) is 1.98. The fourth-order valence-corrected chi connectivity index (χ4v) is 4.76. The lowest BCUT2D eigenvalue weighted by Gasteiger charge is -2.36. The third-order valence-corrected chi connectivity index (χ3v) is 7.15. The number of carbonyl (C=O) groups excluding carboxylic acids is 1. The molecule has 6 nitrogen and oxygen atoms in total. The van der Waals surface area contributed by atoms with Crippen LogP contribution in [0.1, 0.15) is 48.9 Å². The molecule has 0 spiro atoms. The first-order chi connectivity index (χ1) is 12.3. The Morgan fingerprint density at radius 2 is 1.92 bits per heavy atom. The van der Waals surface area contributed by atoms with E-state index in [1.807, 2.05) is 0 Å². The molecule has 0 bridgehead atoms. The number of benzene rings is 1. The van der Waals surface area contributed by atoms with Crippen LogP contribution in [0.5, 0.6) is 0 Å². The lowest BCUT2D eigenvalue weighted by Crippen LogP contribution is -2.50. The van der Waals surface area contributed by atoms with Crippen LogP contribution < -0.4 is 10.0 Å². The van der Waals surface area contributed by atoms with Crippen molar-refractivity contribution in [1.82, 2.24) is 14.9 Å². The molecule has 2 aliphatic rings. The molecular formula is C19H29N3O3S. The summed E-state index contributed by atoms with van der Waals surface area (Å²) in [6.07, 6.45) is 6.65. The summed E-state index contributed by atoms with van der Waals surface area (Å²) in [6, 6.07) is 6.27. The molecule has 1 amide bonds. The van der Waals surface area contributed by atoms with Crippen LogP contribution in [0, 0.1) is 5.92 Å². The molecule has 0 aliphatic heterocycles. The Hall–Kier alpha value is -1.44. The highest BCUT2D eigenvalue weighted by Gasteiger charge is 2.36. The number of amides is 1. The minimum atomic E-state index is -3.57. The van der Waals surface area contributed by atoms with Crippen molar-refractivity contribution in [1.29, 1.82) is 0 Å². The van der Waals surface area contributed by atoms with Gasteiger partial charge in [0.25, 0.3) is 5.91 Å². The van der Waals surface area contributed by atoms with Gasteiger partial charge < -0.3 is 10.2 Å². The molecular weight excluding hydrogens is 350 g/mol. The monoisotopic (exact) mass is 379 g/mol. The summed E-state index contributed by atoms with van der Waals surface area (Å²) < 4.78 is 27.4. The van der Waals surface area contributed by atoms with Gasteiger partial charge in [-0.1, -0.05) is 18.9 Å². The van der Waals surface area contributed by atoms with Gasteiger partial charge in [0.1, 0.15) is 0 Å². The van der Waals surface area contributed by atoms with Crippen molar-refractivity contribution >= 4 is 15.9 Å². The van der Waals surface area contributed by atoms with Gasteiger partial charge in [0.2, 0.25) is 10.0 Å². The van der Waals surface area contributed by atoms with Crippen molar-refractivity contribution < 1.29 is 13.2 Å². The maximum absolute atomic E-state index is 12.6. The SMILES string of the molecule is CN(C)C1(CNC(=O)c2cccc(S(=O)(=O)NCC3CC3)c2)CCCC1. The number of sulfonamides is 1. The largest absolute Gasteiger partial charge is 0.350 e. The fourth-order valence-electron chi connectivity index (χ4n) is 3.60. The normalized spacial score (nSPS) is 19.7. The maximum atomic E-state index is 12.6. The number of nitrogens with zero attached hydrogens (tertiary/aromatic N) is 1. The summed E-state index contributed by atoms with van der Waals surface area (Å²) in [5.41, 5.74) is 0.386. The highest BCUT2D eigenvalue weighted by atomic mass is 32.2. The quantitative estimate of drug-likeness (QED) is 0.724. The average molecular weight is 380 g/mol. The molecule has 0 unspecified atom stereocenters. The molecule has 0 atom stereocenters. The van der Waals surface area contributed by atoms with Crippen molar-refractivity contribution in [3.05, 3.63) is 29.8 Å². The third kappa shape index (κ3) is 4.45. The van der Waals surface area contributed by atoms with Crippen LogP contribution in [0.15, 0.2) is 29.2 Å². The van der Waals surface area contributed by atoms with Crippen molar-refractivity contribution in [2.45, 2.75) is 49.0 Å². The third-order valence-electron chi connectivity index (χ3n) is 5.73. The zero-order valence-corrected chi connectivity index (χ0v) is 16.4. The Balaban J connectivity index is 1.66. The zero-order chi connectivity index (χ0) is 18.8. The number of hydrogen-bond donors (Lipinski definition) is 2. The summed E-state index contributed by atoms with van der Waals surface area (Å²) in [6.45, 7) is 1.06. The molecule has 7 heteroatoms. The molecule has 2 fully saturated rings. The van der Waals surface area contributed by atoms with E-state index >= 15 is 0 Å². The van der Waals surface area contributed by atoms with Crippen molar-refractivity contribution in [2.75, 3.05) is 27.2 Å². The molecule has 2 N–H and O–H groups in total. The van der Waals surface area contributed by atoms with E-state index in [1.165, 1.54) is 25.0 Å². The van der Waals surface area contributed by atoms with Crippen molar-refractivity contribution in [2.24, 2.45) is 5.92 Å². The summed E-state index contributed by atoms with van der Waals surface area (Å²) in [7, 11) is 0.538. The van der Waals surface area contributed by atoms with Crippen molar-refractivity contribution in [3.8, 4) is 0 Å². The number of likely N-dealkylation sites (N-methyl/N-ethyl adjacent to an activating group) is 1. The maximum Gasteiger partial charge on any atom is 0.251 e. The number of carbonyl (C=O) groups is 1. The van der Waals surface area contributed by atoms with Crippen LogP contribution in [0.3, 0.4) is 0 Å². The average Bonchev–Trinajstić information content (AvgIpc) is 3.33. The molecule has 26 heavy (non-hydrogen) atoms. The van der Waals surface area contributed by atoms with Gasteiger partial charge in [-0.2, -0.15) is 0 Å². The predicted molar refractivity (Wildman–Crippen MR) is 102 cm³/mol. The van der Waals surface area contributed by atoms with Gasteiger partial charge in [0.15, 0.2) is 0 Å². The first-order valence-electron chi connectivity index (χ1n) is 9.38. The van der Waals surface area contributed by atoms with E-state index < -0.39 is 10.0 Å². The highest BCUT2D eigenvalue weighted by molar-refractivity contribution is 7.89. The minimum absolute atomic E-state index is 0.00513. The van der Waals surface area contributed by atoms with Gasteiger partial charge in [-0.05, 0) is 63.9 Å². The van der Waals surface area contributed by atoms with E-state index in [0.717, 1.165) is 25.7 Å². The molecule has 0 aromatic heterocycles. The van der Waals surface area contributed by atoms with Gasteiger partial charge in [0, 0.05) is 24.2 Å². The van der Waals surface area contributed by atoms with Crippen LogP contribution in [0.2, 0.25) is 0 Å². The van der Waals surface area contributed by atoms with Crippen LogP contribution in [0.25, 0.3) is 0 Å². The molecule has 144 valence electrons. The van der Waals surface area contributed by atoms with Crippen LogP contribution in [-0.4, -0.2) is 51.9 Å². The zero-order valence-electron chi connectivity index (χ0n) is 15.6. The van der Waals surface area contributed by atoms with E-state index in [0.29, 0.717) is 24.6 Å². The second kappa shape index (κ2) is 7.66. The minimum Gasteiger partial charge on any atom is -0.350 e. The summed E-state index contributed by atoms with van der Waals surface area (Å²) in [4.78, 5) is 14.9. The van der Waals surface area contributed by atoms with Crippen molar-refractivity contribution in [3.63, 3.8) is 0 Å². The van der Waals surface area contributed by atoms with Gasteiger partial charge in [-0.15, -0.1) is 0 Å². The number of rotatable bonds is 8. The first-order valence-corrected chi connectivity index (χ1v) is 10.9.